The molecule has 0 nitrogen and oxygen atoms in total. The molecule has 15 heavy (non-hydrogen) atoms. The second kappa shape index (κ2) is 6.78. The summed E-state index contributed by atoms with van der Waals surface area (Å²) in [6.07, 6.45) is 13.3. The standard InChI is InChI=1S/C14H27Cl/c1-3-5-9-13-10-7-8-12-14(13,15)11-6-4-2/h13H,3-12H2,1-2H3. The van der Waals surface area contributed by atoms with E-state index in [4.69, 9.17) is 11.6 Å². The molecule has 0 aromatic carbocycles. The summed E-state index contributed by atoms with van der Waals surface area (Å²) in [6.45, 7) is 4.55. The molecule has 0 N–H and O–H groups in total. The zero-order valence-electron chi connectivity index (χ0n) is 10.5. The van der Waals surface area contributed by atoms with E-state index in [1.54, 1.807) is 0 Å². The van der Waals surface area contributed by atoms with Crippen molar-refractivity contribution < 1.29 is 0 Å². The molecule has 1 heteroatoms. The number of hydrogen-bond donors (Lipinski definition) is 0. The lowest BCUT2D eigenvalue weighted by Crippen LogP contribution is -2.35. The fourth-order valence-electron chi connectivity index (χ4n) is 2.93. The Hall–Kier alpha value is 0.290. The Bertz CT molecular complexity index is 167. The number of unbranched alkanes of at least 4 members (excludes halogenated alkanes) is 2. The lowest BCUT2D eigenvalue weighted by Gasteiger charge is -2.39. The lowest BCUT2D eigenvalue weighted by molar-refractivity contribution is 0.231. The summed E-state index contributed by atoms with van der Waals surface area (Å²) in [5.74, 6) is 0.805. The normalized spacial score (nSPS) is 31.8. The minimum atomic E-state index is 0.170. The second-order valence-electron chi connectivity index (χ2n) is 5.22. The zero-order chi connectivity index (χ0) is 11.1. The summed E-state index contributed by atoms with van der Waals surface area (Å²) in [7, 11) is 0. The maximum Gasteiger partial charge on any atom is 0.0475 e. The van der Waals surface area contributed by atoms with E-state index in [2.05, 4.69) is 13.8 Å². The minimum Gasteiger partial charge on any atom is -0.119 e. The smallest absolute Gasteiger partial charge is 0.0475 e. The number of hydrogen-bond acceptors (Lipinski definition) is 0. The van der Waals surface area contributed by atoms with Crippen LogP contribution in [0.2, 0.25) is 0 Å². The summed E-state index contributed by atoms with van der Waals surface area (Å²) in [5, 5.41) is 0. The lowest BCUT2D eigenvalue weighted by atomic mass is 9.74. The van der Waals surface area contributed by atoms with Crippen LogP contribution < -0.4 is 0 Å². The molecule has 2 atom stereocenters. The quantitative estimate of drug-likeness (QED) is 0.526. The molecule has 90 valence electrons. The highest BCUT2D eigenvalue weighted by atomic mass is 35.5. The van der Waals surface area contributed by atoms with Crippen molar-refractivity contribution in [3.8, 4) is 0 Å². The molecule has 1 fully saturated rings. The molecule has 0 aromatic rings. The van der Waals surface area contributed by atoms with Crippen LogP contribution in [0.25, 0.3) is 0 Å². The Balaban J connectivity index is 2.46. The zero-order valence-corrected chi connectivity index (χ0v) is 11.3. The predicted octanol–water partition coefficient (Wildman–Crippen LogP) is 5.53. The molecule has 1 aliphatic carbocycles. The fourth-order valence-corrected chi connectivity index (χ4v) is 3.41. The fraction of sp³-hybridized carbons (Fsp3) is 1.00. The van der Waals surface area contributed by atoms with Gasteiger partial charge in [0.05, 0.1) is 0 Å². The number of rotatable bonds is 6. The van der Waals surface area contributed by atoms with Crippen molar-refractivity contribution in [1.29, 1.82) is 0 Å². The van der Waals surface area contributed by atoms with Gasteiger partial charge in [-0.15, -0.1) is 11.6 Å². The molecule has 1 saturated carbocycles. The van der Waals surface area contributed by atoms with Crippen molar-refractivity contribution in [3.63, 3.8) is 0 Å². The third-order valence-corrected chi connectivity index (χ3v) is 4.67. The van der Waals surface area contributed by atoms with E-state index in [0.29, 0.717) is 0 Å². The molecule has 0 bridgehead atoms. The summed E-state index contributed by atoms with van der Waals surface area (Å²) < 4.78 is 0. The first-order valence-corrected chi connectivity index (χ1v) is 7.29. The van der Waals surface area contributed by atoms with E-state index in [1.807, 2.05) is 0 Å². The Morgan fingerprint density at radius 3 is 2.53 bits per heavy atom. The molecule has 1 rings (SSSR count). The SMILES string of the molecule is CCCCC1CCCCC1(Cl)CCCC. The second-order valence-corrected chi connectivity index (χ2v) is 5.98. The number of alkyl halides is 1. The van der Waals surface area contributed by atoms with E-state index >= 15 is 0 Å². The molecular formula is C14H27Cl. The molecule has 0 heterocycles. The predicted molar refractivity (Wildman–Crippen MR) is 69.6 cm³/mol. The van der Waals surface area contributed by atoms with Gasteiger partial charge in [-0.25, -0.2) is 0 Å². The third kappa shape index (κ3) is 3.98. The molecule has 1 aliphatic rings. The van der Waals surface area contributed by atoms with Gasteiger partial charge in [-0.3, -0.25) is 0 Å². The third-order valence-electron chi connectivity index (χ3n) is 3.98. The summed E-state index contributed by atoms with van der Waals surface area (Å²) in [6, 6.07) is 0. The Morgan fingerprint density at radius 2 is 1.87 bits per heavy atom. The van der Waals surface area contributed by atoms with Gasteiger partial charge in [0, 0.05) is 4.87 Å². The van der Waals surface area contributed by atoms with Crippen LogP contribution in [0.1, 0.15) is 78.1 Å². The van der Waals surface area contributed by atoms with Crippen molar-refractivity contribution in [2.75, 3.05) is 0 Å². The van der Waals surface area contributed by atoms with Crippen LogP contribution >= 0.6 is 11.6 Å². The molecule has 0 amide bonds. The largest absolute Gasteiger partial charge is 0.119 e. The van der Waals surface area contributed by atoms with E-state index in [9.17, 15) is 0 Å². The van der Waals surface area contributed by atoms with Gasteiger partial charge in [-0.2, -0.15) is 0 Å². The summed E-state index contributed by atoms with van der Waals surface area (Å²) >= 11 is 6.86. The highest BCUT2D eigenvalue weighted by molar-refractivity contribution is 6.24. The molecule has 0 radical (unpaired) electrons. The average Bonchev–Trinajstić information content (AvgIpc) is 2.25. The van der Waals surface area contributed by atoms with Crippen LogP contribution in [0.4, 0.5) is 0 Å². The molecular weight excluding hydrogens is 204 g/mol. The topological polar surface area (TPSA) is 0 Å². The van der Waals surface area contributed by atoms with Gasteiger partial charge in [0.15, 0.2) is 0 Å². The van der Waals surface area contributed by atoms with Gasteiger partial charge in [-0.1, -0.05) is 52.4 Å². The Morgan fingerprint density at radius 1 is 1.13 bits per heavy atom. The maximum atomic E-state index is 6.86. The highest BCUT2D eigenvalue weighted by Crippen LogP contribution is 2.45. The van der Waals surface area contributed by atoms with Gasteiger partial charge in [-0.05, 0) is 31.6 Å². The van der Waals surface area contributed by atoms with Crippen LogP contribution in [-0.2, 0) is 0 Å². The van der Waals surface area contributed by atoms with E-state index in [-0.39, 0.29) is 4.87 Å². The molecule has 0 aliphatic heterocycles. The first-order valence-electron chi connectivity index (χ1n) is 6.92. The molecule has 0 spiro atoms. The molecule has 2 unspecified atom stereocenters. The van der Waals surface area contributed by atoms with E-state index < -0.39 is 0 Å². The Labute approximate surface area is 101 Å². The first-order chi connectivity index (χ1) is 7.23. The van der Waals surface area contributed by atoms with Crippen molar-refractivity contribution in [2.24, 2.45) is 5.92 Å². The molecule has 0 aromatic heterocycles. The van der Waals surface area contributed by atoms with Crippen molar-refractivity contribution in [1.82, 2.24) is 0 Å². The first kappa shape index (κ1) is 13.4. The van der Waals surface area contributed by atoms with Crippen LogP contribution in [0.3, 0.4) is 0 Å². The van der Waals surface area contributed by atoms with Gasteiger partial charge in [0.1, 0.15) is 0 Å². The summed E-state index contributed by atoms with van der Waals surface area (Å²) in [4.78, 5) is 0.170. The Kier molecular flexibility index (Phi) is 6.04. The minimum absolute atomic E-state index is 0.170. The van der Waals surface area contributed by atoms with Crippen LogP contribution in [0.5, 0.6) is 0 Å². The van der Waals surface area contributed by atoms with Crippen LogP contribution in [0, 0.1) is 5.92 Å². The van der Waals surface area contributed by atoms with Crippen LogP contribution in [0.15, 0.2) is 0 Å². The van der Waals surface area contributed by atoms with E-state index in [1.165, 1.54) is 64.2 Å². The summed E-state index contributed by atoms with van der Waals surface area (Å²) in [5.41, 5.74) is 0. The van der Waals surface area contributed by atoms with Crippen molar-refractivity contribution in [3.05, 3.63) is 0 Å². The van der Waals surface area contributed by atoms with Gasteiger partial charge < -0.3 is 0 Å². The van der Waals surface area contributed by atoms with Crippen LogP contribution in [-0.4, -0.2) is 4.87 Å². The number of halogens is 1. The van der Waals surface area contributed by atoms with Gasteiger partial charge >= 0.3 is 0 Å². The van der Waals surface area contributed by atoms with Crippen molar-refractivity contribution >= 4 is 11.6 Å². The average molecular weight is 231 g/mol. The molecule has 0 saturated heterocycles. The monoisotopic (exact) mass is 230 g/mol. The van der Waals surface area contributed by atoms with Crippen molar-refractivity contribution in [2.45, 2.75) is 82.9 Å². The highest BCUT2D eigenvalue weighted by Gasteiger charge is 2.37. The van der Waals surface area contributed by atoms with Gasteiger partial charge in [0.2, 0.25) is 0 Å². The van der Waals surface area contributed by atoms with E-state index in [0.717, 1.165) is 5.92 Å². The maximum absolute atomic E-state index is 6.86. The van der Waals surface area contributed by atoms with Gasteiger partial charge in [0.25, 0.3) is 0 Å².